The van der Waals surface area contributed by atoms with E-state index in [1.54, 1.807) is 12.0 Å². The molecular weight excluding hydrogens is 419 g/mol. The molecule has 0 saturated carbocycles. The second kappa shape index (κ2) is 13.8. The molecule has 3 amide bonds. The molecule has 3 N–H and O–H groups in total. The average molecular weight is 455 g/mol. The molecule has 1 aromatic rings. The number of urea groups is 1. The van der Waals surface area contributed by atoms with Crippen molar-refractivity contribution in [3.63, 3.8) is 0 Å². The third kappa shape index (κ3) is 8.91. The van der Waals surface area contributed by atoms with Gasteiger partial charge in [-0.2, -0.15) is 0 Å². The number of hydrogen-bond donors (Lipinski definition) is 2. The molecule has 0 bridgehead atoms. The van der Waals surface area contributed by atoms with Crippen LogP contribution in [0.15, 0.2) is 12.4 Å². The van der Waals surface area contributed by atoms with Crippen molar-refractivity contribution in [2.45, 2.75) is 38.7 Å². The van der Waals surface area contributed by atoms with Crippen LogP contribution >= 0.6 is 0 Å². The highest BCUT2D eigenvalue weighted by atomic mass is 19.1. The molecule has 1 unspecified atom stereocenters. The lowest BCUT2D eigenvalue weighted by Gasteiger charge is -2.32. The summed E-state index contributed by atoms with van der Waals surface area (Å²) in [4.78, 5) is 33.9. The maximum atomic E-state index is 12.6. The molecule has 3 rings (SSSR count). The molecule has 3 heterocycles. The van der Waals surface area contributed by atoms with Crippen LogP contribution in [0.25, 0.3) is 0 Å². The summed E-state index contributed by atoms with van der Waals surface area (Å²) in [5, 5.41) is 2.78. The summed E-state index contributed by atoms with van der Waals surface area (Å²) in [5.74, 6) is 0.0450. The Bertz CT molecular complexity index is 700. The van der Waals surface area contributed by atoms with Crippen molar-refractivity contribution in [1.29, 1.82) is 0 Å². The molecule has 2 fully saturated rings. The number of halogens is 1. The summed E-state index contributed by atoms with van der Waals surface area (Å²) < 4.78 is 23.1. The molecule has 0 radical (unpaired) electrons. The number of nitrogens with zero attached hydrogens (tertiary/aromatic N) is 4. The van der Waals surface area contributed by atoms with E-state index in [2.05, 4.69) is 20.2 Å². The highest BCUT2D eigenvalue weighted by Gasteiger charge is 2.23. The number of anilines is 1. The lowest BCUT2D eigenvalue weighted by atomic mass is 9.99. The minimum Gasteiger partial charge on any atom is -0.381 e. The Morgan fingerprint density at radius 1 is 1.22 bits per heavy atom. The van der Waals surface area contributed by atoms with Gasteiger partial charge in [-0.1, -0.05) is 0 Å². The Morgan fingerprint density at radius 2 is 1.91 bits per heavy atom. The number of piperidine rings is 2. The summed E-state index contributed by atoms with van der Waals surface area (Å²) in [6.07, 6.45) is 6.67. The number of aromatic nitrogens is 2. The quantitative estimate of drug-likeness (QED) is 0.634. The molecule has 180 valence electrons. The molecular formula is C21H35FN6O4. The van der Waals surface area contributed by atoms with Crippen molar-refractivity contribution >= 4 is 17.9 Å². The second-order valence-corrected chi connectivity index (χ2v) is 7.89. The van der Waals surface area contributed by atoms with Crippen molar-refractivity contribution in [2.24, 2.45) is 11.7 Å². The van der Waals surface area contributed by atoms with Crippen LogP contribution in [0, 0.1) is 11.7 Å². The van der Waals surface area contributed by atoms with E-state index in [-0.39, 0.29) is 12.6 Å². The zero-order valence-electron chi connectivity index (χ0n) is 19.0. The normalized spacial score (nSPS) is 19.2. The molecule has 2 aliphatic heterocycles. The molecule has 10 nitrogen and oxygen atoms in total. The number of nitrogens with one attached hydrogen (secondary N) is 1. The van der Waals surface area contributed by atoms with Gasteiger partial charge in [0.15, 0.2) is 5.82 Å². The van der Waals surface area contributed by atoms with Gasteiger partial charge in [0.1, 0.15) is 6.61 Å². The SMILES string of the molecule is CCNC(=O)N1CCCC(COCC(N)=O)C1.COC1CCN(c2ncc(F)cn2)CC1. The highest BCUT2D eigenvalue weighted by Crippen LogP contribution is 2.17. The highest BCUT2D eigenvalue weighted by molar-refractivity contribution is 5.75. The number of carbonyl (C=O) groups is 2. The van der Waals surface area contributed by atoms with Crippen LogP contribution in [0.5, 0.6) is 0 Å². The fourth-order valence-corrected chi connectivity index (χ4v) is 3.74. The number of amides is 3. The number of carbonyl (C=O) groups excluding carboxylic acids is 2. The van der Waals surface area contributed by atoms with E-state index in [1.165, 1.54) is 12.4 Å². The van der Waals surface area contributed by atoms with E-state index in [1.807, 2.05) is 6.92 Å². The molecule has 32 heavy (non-hydrogen) atoms. The van der Waals surface area contributed by atoms with Gasteiger partial charge in [0.05, 0.1) is 25.1 Å². The average Bonchev–Trinajstić information content (AvgIpc) is 2.80. The van der Waals surface area contributed by atoms with Gasteiger partial charge in [-0.3, -0.25) is 4.79 Å². The molecule has 2 aliphatic rings. The van der Waals surface area contributed by atoms with Gasteiger partial charge in [0.2, 0.25) is 11.9 Å². The van der Waals surface area contributed by atoms with Crippen LogP contribution in [-0.4, -0.2) is 86.0 Å². The maximum Gasteiger partial charge on any atom is 0.317 e. The van der Waals surface area contributed by atoms with E-state index >= 15 is 0 Å². The number of hydrogen-bond acceptors (Lipinski definition) is 7. The molecule has 0 spiro atoms. The molecule has 1 atom stereocenters. The van der Waals surface area contributed by atoms with Crippen LogP contribution in [0.1, 0.15) is 32.6 Å². The van der Waals surface area contributed by atoms with Gasteiger partial charge < -0.3 is 30.3 Å². The molecule has 0 aliphatic carbocycles. The maximum absolute atomic E-state index is 12.6. The summed E-state index contributed by atoms with van der Waals surface area (Å²) >= 11 is 0. The number of likely N-dealkylation sites (tertiary alicyclic amines) is 1. The van der Waals surface area contributed by atoms with Crippen molar-refractivity contribution in [3.05, 3.63) is 18.2 Å². The van der Waals surface area contributed by atoms with Gasteiger partial charge >= 0.3 is 6.03 Å². The smallest absolute Gasteiger partial charge is 0.317 e. The number of primary amides is 1. The molecule has 11 heteroatoms. The third-order valence-electron chi connectivity index (χ3n) is 5.40. The number of nitrogens with two attached hydrogens (primary N) is 1. The zero-order chi connectivity index (χ0) is 23.3. The van der Waals surface area contributed by atoms with E-state index in [0.717, 1.165) is 45.3 Å². The van der Waals surface area contributed by atoms with Crippen LogP contribution in [0.3, 0.4) is 0 Å². The first-order valence-corrected chi connectivity index (χ1v) is 11.1. The van der Waals surface area contributed by atoms with Crippen LogP contribution in [0.4, 0.5) is 15.1 Å². The Hall–Kier alpha value is -2.53. The van der Waals surface area contributed by atoms with Gasteiger partial charge in [-0.15, -0.1) is 0 Å². The second-order valence-electron chi connectivity index (χ2n) is 7.89. The van der Waals surface area contributed by atoms with Crippen LogP contribution in [0.2, 0.25) is 0 Å². The lowest BCUT2D eigenvalue weighted by molar-refractivity contribution is -0.123. The Morgan fingerprint density at radius 3 is 2.50 bits per heavy atom. The predicted octanol–water partition coefficient (Wildman–Crippen LogP) is 1.16. The molecule has 2 saturated heterocycles. The Kier molecular flexibility index (Phi) is 11.1. The van der Waals surface area contributed by atoms with Gasteiger partial charge in [-0.25, -0.2) is 19.2 Å². The third-order valence-corrected chi connectivity index (χ3v) is 5.40. The fraction of sp³-hybridized carbons (Fsp3) is 0.714. The van der Waals surface area contributed by atoms with E-state index in [4.69, 9.17) is 15.2 Å². The van der Waals surface area contributed by atoms with Gasteiger partial charge in [0, 0.05) is 45.8 Å². The number of rotatable bonds is 7. The molecule has 1 aromatic heterocycles. The monoisotopic (exact) mass is 454 g/mol. The van der Waals surface area contributed by atoms with Crippen molar-refractivity contribution < 1.29 is 23.5 Å². The van der Waals surface area contributed by atoms with Crippen molar-refractivity contribution in [3.8, 4) is 0 Å². The summed E-state index contributed by atoms with van der Waals surface area (Å²) in [5.41, 5.74) is 4.98. The first-order chi connectivity index (χ1) is 15.4. The van der Waals surface area contributed by atoms with Crippen LogP contribution in [-0.2, 0) is 14.3 Å². The predicted molar refractivity (Wildman–Crippen MR) is 118 cm³/mol. The first kappa shape index (κ1) is 25.7. The largest absolute Gasteiger partial charge is 0.381 e. The Balaban J connectivity index is 0.000000228. The summed E-state index contributed by atoms with van der Waals surface area (Å²) in [7, 11) is 1.73. The standard InChI is InChI=1S/C11H21N3O3.C10H14FN3O/c1-2-13-11(16)14-5-3-4-9(6-14)7-17-8-10(12)15;1-15-9-2-4-14(5-3-9)10-12-6-8(11)7-13-10/h9H,2-8H2,1H3,(H2,12,15)(H,13,16);6-7,9H,2-5H2,1H3. The number of ether oxygens (including phenoxy) is 2. The van der Waals surface area contributed by atoms with Crippen molar-refractivity contribution in [1.82, 2.24) is 20.2 Å². The van der Waals surface area contributed by atoms with Gasteiger partial charge in [-0.05, 0) is 32.6 Å². The summed E-state index contributed by atoms with van der Waals surface area (Å²) in [6, 6.07) is -0.0212. The Labute approximate surface area is 188 Å². The van der Waals surface area contributed by atoms with E-state index < -0.39 is 11.7 Å². The number of methoxy groups -OCH3 is 1. The minimum atomic E-state index is -0.457. The summed E-state index contributed by atoms with van der Waals surface area (Å²) in [6.45, 7) is 6.18. The minimum absolute atomic E-state index is 0.0212. The van der Waals surface area contributed by atoms with Crippen LogP contribution < -0.4 is 16.0 Å². The van der Waals surface area contributed by atoms with Gasteiger partial charge in [0.25, 0.3) is 0 Å². The molecule has 0 aromatic carbocycles. The topological polar surface area (TPSA) is 123 Å². The zero-order valence-corrected chi connectivity index (χ0v) is 19.0. The van der Waals surface area contributed by atoms with E-state index in [9.17, 15) is 14.0 Å². The van der Waals surface area contributed by atoms with Crippen molar-refractivity contribution in [2.75, 3.05) is 57.9 Å². The first-order valence-electron chi connectivity index (χ1n) is 11.1. The van der Waals surface area contributed by atoms with E-state index in [0.29, 0.717) is 37.7 Å². The fourth-order valence-electron chi connectivity index (χ4n) is 3.74. The lowest BCUT2D eigenvalue weighted by Crippen LogP contribution is -2.46.